The molecule has 1 aliphatic rings. The third kappa shape index (κ3) is 5.76. The van der Waals surface area contributed by atoms with Crippen LogP contribution in [0.15, 0.2) is 42.5 Å². The van der Waals surface area contributed by atoms with Crippen LogP contribution in [-0.4, -0.2) is 63.2 Å². The van der Waals surface area contributed by atoms with Crippen LogP contribution in [0.3, 0.4) is 0 Å². The molecule has 2 aromatic rings. The number of ether oxygens (including phenoxy) is 2. The fourth-order valence-electron chi connectivity index (χ4n) is 3.58. The minimum Gasteiger partial charge on any atom is -0.494 e. The van der Waals surface area contributed by atoms with Crippen molar-refractivity contribution in [2.24, 2.45) is 0 Å². The Morgan fingerprint density at radius 1 is 0.968 bits per heavy atom. The Morgan fingerprint density at radius 2 is 1.65 bits per heavy atom. The first-order valence-corrected chi connectivity index (χ1v) is 10.8. The average molecular weight is 426 g/mol. The van der Waals surface area contributed by atoms with Gasteiger partial charge in [-0.2, -0.15) is 0 Å². The Balaban J connectivity index is 1.81. The molecule has 0 unspecified atom stereocenters. The highest BCUT2D eigenvalue weighted by Gasteiger charge is 2.21. The summed E-state index contributed by atoms with van der Waals surface area (Å²) in [6.07, 6.45) is 0.925. The number of benzene rings is 2. The third-order valence-electron chi connectivity index (χ3n) is 5.42. The van der Waals surface area contributed by atoms with E-state index in [0.717, 1.165) is 50.6 Å². The molecule has 1 fully saturated rings. The Kier molecular flexibility index (Phi) is 7.89. The molecule has 0 bridgehead atoms. The van der Waals surface area contributed by atoms with Gasteiger partial charge in [-0.05, 0) is 55.4 Å². The third-order valence-corrected chi connectivity index (χ3v) is 5.42. The van der Waals surface area contributed by atoms with Crippen molar-refractivity contribution in [1.82, 2.24) is 4.90 Å². The van der Waals surface area contributed by atoms with Gasteiger partial charge in [0.15, 0.2) is 0 Å². The first-order valence-electron chi connectivity index (χ1n) is 10.8. The van der Waals surface area contributed by atoms with Crippen LogP contribution in [0, 0.1) is 0 Å². The molecule has 0 saturated carbocycles. The lowest BCUT2D eigenvalue weighted by molar-refractivity contribution is 0.0600. The van der Waals surface area contributed by atoms with E-state index in [0.29, 0.717) is 23.4 Å². The van der Waals surface area contributed by atoms with Gasteiger partial charge in [-0.1, -0.05) is 13.8 Å². The van der Waals surface area contributed by atoms with E-state index in [1.807, 2.05) is 13.0 Å². The lowest BCUT2D eigenvalue weighted by Crippen LogP contribution is -2.46. The quantitative estimate of drug-likeness (QED) is 0.651. The Labute approximate surface area is 183 Å². The van der Waals surface area contributed by atoms with Gasteiger partial charge in [0, 0.05) is 31.7 Å². The fraction of sp³-hybridized carbons (Fsp3) is 0.417. The van der Waals surface area contributed by atoms with Crippen molar-refractivity contribution in [3.63, 3.8) is 0 Å². The normalized spacial score (nSPS) is 14.2. The molecule has 0 radical (unpaired) electrons. The Bertz CT molecular complexity index is 890. The summed E-state index contributed by atoms with van der Waals surface area (Å²) in [5.41, 5.74) is 2.43. The molecule has 1 N–H and O–H groups in total. The maximum atomic E-state index is 12.9. The topological polar surface area (TPSA) is 71.1 Å². The monoisotopic (exact) mass is 425 g/mol. The number of likely N-dealkylation sites (N-methyl/N-ethyl adjacent to an activating group) is 1. The van der Waals surface area contributed by atoms with Crippen molar-refractivity contribution in [2.45, 2.75) is 20.3 Å². The molecule has 1 aliphatic heterocycles. The summed E-state index contributed by atoms with van der Waals surface area (Å²) >= 11 is 0. The van der Waals surface area contributed by atoms with Gasteiger partial charge in [-0.3, -0.25) is 4.79 Å². The molecule has 31 heavy (non-hydrogen) atoms. The summed E-state index contributed by atoms with van der Waals surface area (Å²) in [5, 5.41) is 2.99. The van der Waals surface area contributed by atoms with E-state index >= 15 is 0 Å². The molecule has 3 rings (SSSR count). The minimum atomic E-state index is -0.435. The lowest BCUT2D eigenvalue weighted by Gasteiger charge is -2.36. The highest BCUT2D eigenvalue weighted by atomic mass is 16.5. The van der Waals surface area contributed by atoms with E-state index in [1.165, 1.54) is 7.11 Å². The highest BCUT2D eigenvalue weighted by Crippen LogP contribution is 2.29. The van der Waals surface area contributed by atoms with E-state index < -0.39 is 5.97 Å². The number of piperazine rings is 1. The number of methoxy groups -OCH3 is 1. The minimum absolute atomic E-state index is 0.238. The second-order valence-corrected chi connectivity index (χ2v) is 7.47. The van der Waals surface area contributed by atoms with Crippen LogP contribution in [0.4, 0.5) is 11.4 Å². The number of nitrogens with zero attached hydrogens (tertiary/aromatic N) is 2. The SMILES string of the molecule is CCCOc1ccc(C(=O)Nc2cc(C(=O)OC)ccc2N2CCN(CC)CC2)cc1. The Morgan fingerprint density at radius 3 is 2.26 bits per heavy atom. The largest absolute Gasteiger partial charge is 0.494 e. The smallest absolute Gasteiger partial charge is 0.337 e. The summed E-state index contributed by atoms with van der Waals surface area (Å²) in [5.74, 6) is 0.0633. The zero-order chi connectivity index (χ0) is 22.2. The number of hydrogen-bond donors (Lipinski definition) is 1. The standard InChI is InChI=1S/C24H31N3O4/c1-4-16-31-20-9-6-18(7-10-20)23(28)25-21-17-19(24(29)30-3)8-11-22(21)27-14-12-26(5-2)13-15-27/h6-11,17H,4-5,12-16H2,1-3H3,(H,25,28). The van der Waals surface area contributed by atoms with Crippen molar-refractivity contribution in [3.8, 4) is 5.75 Å². The highest BCUT2D eigenvalue weighted by molar-refractivity contribution is 6.07. The second-order valence-electron chi connectivity index (χ2n) is 7.47. The molecule has 166 valence electrons. The van der Waals surface area contributed by atoms with Crippen molar-refractivity contribution in [3.05, 3.63) is 53.6 Å². The summed E-state index contributed by atoms with van der Waals surface area (Å²) in [6, 6.07) is 12.4. The van der Waals surface area contributed by atoms with Crippen LogP contribution in [0.25, 0.3) is 0 Å². The molecule has 7 heteroatoms. The van der Waals surface area contributed by atoms with Gasteiger partial charge in [0.1, 0.15) is 5.75 Å². The molecular weight excluding hydrogens is 394 g/mol. The molecule has 0 aromatic heterocycles. The number of rotatable bonds is 8. The number of amides is 1. The molecule has 1 amide bonds. The molecule has 0 spiro atoms. The van der Waals surface area contributed by atoms with Gasteiger partial charge in [-0.15, -0.1) is 0 Å². The number of esters is 1. The molecule has 1 heterocycles. The summed E-state index contributed by atoms with van der Waals surface area (Å²) in [4.78, 5) is 29.6. The van der Waals surface area contributed by atoms with Gasteiger partial charge >= 0.3 is 5.97 Å². The molecule has 0 atom stereocenters. The van der Waals surface area contributed by atoms with E-state index in [-0.39, 0.29) is 5.91 Å². The van der Waals surface area contributed by atoms with Crippen LogP contribution in [0.1, 0.15) is 41.0 Å². The van der Waals surface area contributed by atoms with Crippen LogP contribution < -0.4 is 15.0 Å². The predicted octanol–water partition coefficient (Wildman–Crippen LogP) is 3.66. The molecule has 7 nitrogen and oxygen atoms in total. The maximum Gasteiger partial charge on any atom is 0.337 e. The number of anilines is 2. The average Bonchev–Trinajstić information content (AvgIpc) is 2.82. The predicted molar refractivity (Wildman–Crippen MR) is 122 cm³/mol. The summed E-state index contributed by atoms with van der Waals surface area (Å²) in [7, 11) is 1.35. The number of hydrogen-bond acceptors (Lipinski definition) is 6. The zero-order valence-corrected chi connectivity index (χ0v) is 18.5. The lowest BCUT2D eigenvalue weighted by atomic mass is 10.1. The fourth-order valence-corrected chi connectivity index (χ4v) is 3.58. The van der Waals surface area contributed by atoms with Crippen LogP contribution in [-0.2, 0) is 4.74 Å². The van der Waals surface area contributed by atoms with E-state index in [9.17, 15) is 9.59 Å². The van der Waals surface area contributed by atoms with Crippen LogP contribution >= 0.6 is 0 Å². The van der Waals surface area contributed by atoms with Crippen molar-refractivity contribution in [1.29, 1.82) is 0 Å². The molecule has 2 aromatic carbocycles. The van der Waals surface area contributed by atoms with Gasteiger partial charge < -0.3 is 24.6 Å². The van der Waals surface area contributed by atoms with Gasteiger partial charge in [0.2, 0.25) is 0 Å². The second kappa shape index (κ2) is 10.8. The van der Waals surface area contributed by atoms with Gasteiger partial charge in [0.25, 0.3) is 5.91 Å². The first-order chi connectivity index (χ1) is 15.0. The summed E-state index contributed by atoms with van der Waals surface area (Å²) in [6.45, 7) is 9.51. The zero-order valence-electron chi connectivity index (χ0n) is 18.5. The van der Waals surface area contributed by atoms with Crippen molar-refractivity contribution in [2.75, 3.05) is 56.7 Å². The van der Waals surface area contributed by atoms with E-state index in [2.05, 4.69) is 22.0 Å². The molecular formula is C24H31N3O4. The number of carbonyl (C=O) groups is 2. The van der Waals surface area contributed by atoms with Crippen LogP contribution in [0.5, 0.6) is 5.75 Å². The van der Waals surface area contributed by atoms with Gasteiger partial charge in [0.05, 0.1) is 30.7 Å². The van der Waals surface area contributed by atoms with E-state index in [4.69, 9.17) is 9.47 Å². The number of carbonyl (C=O) groups excluding carboxylic acids is 2. The first kappa shape index (κ1) is 22.6. The van der Waals surface area contributed by atoms with Crippen molar-refractivity contribution >= 4 is 23.3 Å². The summed E-state index contributed by atoms with van der Waals surface area (Å²) < 4.78 is 10.4. The number of nitrogens with one attached hydrogen (secondary N) is 1. The van der Waals surface area contributed by atoms with Gasteiger partial charge in [-0.25, -0.2) is 4.79 Å². The Hall–Kier alpha value is -3.06. The van der Waals surface area contributed by atoms with Crippen LogP contribution in [0.2, 0.25) is 0 Å². The maximum absolute atomic E-state index is 12.9. The van der Waals surface area contributed by atoms with E-state index in [1.54, 1.807) is 36.4 Å². The van der Waals surface area contributed by atoms with Crippen molar-refractivity contribution < 1.29 is 19.1 Å². The molecule has 0 aliphatic carbocycles. The molecule has 1 saturated heterocycles.